The molecule has 0 amide bonds. The number of nitrogens with zero attached hydrogens (tertiary/aromatic N) is 2. The molecule has 1 heterocycles. The zero-order chi connectivity index (χ0) is 16.1. The minimum Gasteiger partial charge on any atom is -0.314 e. The van der Waals surface area contributed by atoms with Crippen LogP contribution < -0.4 is 5.32 Å². The fraction of sp³-hybridized carbons (Fsp3) is 0.625. The van der Waals surface area contributed by atoms with Gasteiger partial charge < -0.3 is 5.32 Å². The Kier molecular flexibility index (Phi) is 11.1. The van der Waals surface area contributed by atoms with Gasteiger partial charge in [0.25, 0.3) is 5.69 Å². The van der Waals surface area contributed by atoms with Gasteiger partial charge in [-0.25, -0.2) is 0 Å². The largest absolute Gasteiger partial charge is 0.314 e. The minimum absolute atomic E-state index is 0. The summed E-state index contributed by atoms with van der Waals surface area (Å²) >= 11 is 3.27. The molecule has 138 valence electrons. The van der Waals surface area contributed by atoms with E-state index in [1.54, 1.807) is 12.1 Å². The first-order chi connectivity index (χ1) is 10.5. The summed E-state index contributed by atoms with van der Waals surface area (Å²) in [6.07, 6.45) is 2.16. The zero-order valence-electron chi connectivity index (χ0n) is 14.0. The van der Waals surface area contributed by atoms with Crippen LogP contribution in [0.1, 0.15) is 38.3 Å². The Morgan fingerprint density at radius 2 is 1.88 bits per heavy atom. The lowest BCUT2D eigenvalue weighted by Crippen LogP contribution is -2.45. The molecule has 0 saturated carbocycles. The van der Waals surface area contributed by atoms with Crippen molar-refractivity contribution in [1.82, 2.24) is 10.2 Å². The second kappa shape index (κ2) is 11.3. The fourth-order valence-corrected chi connectivity index (χ4v) is 3.31. The Balaban J connectivity index is 0.00000264. The third-order valence-corrected chi connectivity index (χ3v) is 4.83. The van der Waals surface area contributed by atoms with Gasteiger partial charge in [0, 0.05) is 38.3 Å². The Morgan fingerprint density at radius 1 is 1.25 bits per heavy atom. The van der Waals surface area contributed by atoms with E-state index < -0.39 is 0 Å². The maximum Gasteiger partial charge on any atom is 0.283 e. The van der Waals surface area contributed by atoms with Crippen molar-refractivity contribution in [1.29, 1.82) is 0 Å². The van der Waals surface area contributed by atoms with Gasteiger partial charge in [0.1, 0.15) is 0 Å². The molecule has 0 unspecified atom stereocenters. The maximum absolute atomic E-state index is 11.2. The van der Waals surface area contributed by atoms with Crippen LogP contribution in [0.15, 0.2) is 22.7 Å². The van der Waals surface area contributed by atoms with Crippen molar-refractivity contribution in [2.75, 3.05) is 26.2 Å². The SMILES string of the molecule is CC(C)CC[C@H](c1ccc(Br)c([N+](=O)[O-])c1)N1CCNCC1.Cl.Cl. The number of benzene rings is 1. The van der Waals surface area contributed by atoms with Crippen LogP contribution in [0.5, 0.6) is 0 Å². The number of nitrogens with one attached hydrogen (secondary N) is 1. The van der Waals surface area contributed by atoms with Gasteiger partial charge in [-0.1, -0.05) is 19.9 Å². The lowest BCUT2D eigenvalue weighted by atomic mass is 9.95. The Bertz CT molecular complexity index is 526. The number of hydrogen-bond acceptors (Lipinski definition) is 4. The van der Waals surface area contributed by atoms with Crippen molar-refractivity contribution < 1.29 is 4.92 Å². The van der Waals surface area contributed by atoms with E-state index in [1.807, 2.05) is 6.07 Å². The number of nitro benzene ring substituents is 1. The first-order valence-corrected chi connectivity index (χ1v) is 8.67. The Hall–Kier alpha value is -0.400. The van der Waals surface area contributed by atoms with Crippen molar-refractivity contribution in [2.45, 2.75) is 32.7 Å². The van der Waals surface area contributed by atoms with Gasteiger partial charge in [0.15, 0.2) is 0 Å². The molecule has 1 aromatic carbocycles. The average molecular weight is 443 g/mol. The van der Waals surface area contributed by atoms with Gasteiger partial charge in [-0.05, 0) is 46.3 Å². The summed E-state index contributed by atoms with van der Waals surface area (Å²) < 4.78 is 0.546. The van der Waals surface area contributed by atoms with E-state index in [2.05, 4.69) is 40.0 Å². The molecule has 0 bridgehead atoms. The second-order valence-electron chi connectivity index (χ2n) is 6.24. The highest BCUT2D eigenvalue weighted by Gasteiger charge is 2.24. The van der Waals surface area contributed by atoms with Gasteiger partial charge in [-0.2, -0.15) is 0 Å². The van der Waals surface area contributed by atoms with E-state index in [0.717, 1.165) is 44.6 Å². The lowest BCUT2D eigenvalue weighted by molar-refractivity contribution is -0.385. The number of nitro groups is 1. The summed E-state index contributed by atoms with van der Waals surface area (Å²) in [7, 11) is 0. The molecule has 1 aliphatic heterocycles. The molecule has 24 heavy (non-hydrogen) atoms. The van der Waals surface area contributed by atoms with E-state index in [4.69, 9.17) is 0 Å². The lowest BCUT2D eigenvalue weighted by Gasteiger charge is -2.35. The second-order valence-corrected chi connectivity index (χ2v) is 7.10. The van der Waals surface area contributed by atoms with E-state index in [9.17, 15) is 10.1 Å². The normalized spacial score (nSPS) is 16.2. The molecule has 0 spiro atoms. The van der Waals surface area contributed by atoms with E-state index in [0.29, 0.717) is 10.4 Å². The quantitative estimate of drug-likeness (QED) is 0.517. The number of rotatable bonds is 6. The molecule has 1 saturated heterocycles. The van der Waals surface area contributed by atoms with Gasteiger partial charge in [0.2, 0.25) is 0 Å². The smallest absolute Gasteiger partial charge is 0.283 e. The molecule has 1 aliphatic rings. The summed E-state index contributed by atoms with van der Waals surface area (Å²) in [6, 6.07) is 5.82. The van der Waals surface area contributed by atoms with E-state index >= 15 is 0 Å². The van der Waals surface area contributed by atoms with Crippen molar-refractivity contribution in [2.24, 2.45) is 5.92 Å². The summed E-state index contributed by atoms with van der Waals surface area (Å²) in [4.78, 5) is 13.3. The number of halogens is 3. The molecule has 1 fully saturated rings. The van der Waals surface area contributed by atoms with Crippen molar-refractivity contribution in [3.8, 4) is 0 Å². The van der Waals surface area contributed by atoms with Crippen LogP contribution in [-0.2, 0) is 0 Å². The van der Waals surface area contributed by atoms with Gasteiger partial charge in [0.05, 0.1) is 9.40 Å². The van der Waals surface area contributed by atoms with Crippen molar-refractivity contribution >= 4 is 46.4 Å². The number of hydrogen-bond donors (Lipinski definition) is 1. The standard InChI is InChI=1S/C16H24BrN3O2.2ClH/c1-12(2)3-6-15(19-9-7-18-8-10-19)13-4-5-14(17)16(11-13)20(21)22;;/h4-5,11-12,15,18H,3,6-10H2,1-2H3;2*1H/t15-;;/m1../s1. The third-order valence-electron chi connectivity index (χ3n) is 4.16. The zero-order valence-corrected chi connectivity index (χ0v) is 17.3. The van der Waals surface area contributed by atoms with Crippen LogP contribution in [0.25, 0.3) is 0 Å². The molecule has 0 aromatic heterocycles. The van der Waals surface area contributed by atoms with Gasteiger partial charge >= 0.3 is 0 Å². The molecule has 1 atom stereocenters. The van der Waals surface area contributed by atoms with Crippen LogP contribution in [0, 0.1) is 16.0 Å². The van der Waals surface area contributed by atoms with Crippen molar-refractivity contribution in [3.05, 3.63) is 38.3 Å². The van der Waals surface area contributed by atoms with Crippen LogP contribution in [0.4, 0.5) is 5.69 Å². The molecule has 1 aromatic rings. The summed E-state index contributed by atoms with van der Waals surface area (Å²) in [5.74, 6) is 0.635. The molecule has 2 rings (SSSR count). The first-order valence-electron chi connectivity index (χ1n) is 7.87. The van der Waals surface area contributed by atoms with Crippen LogP contribution >= 0.6 is 40.7 Å². The summed E-state index contributed by atoms with van der Waals surface area (Å²) in [6.45, 7) is 8.39. The predicted octanol–water partition coefficient (Wildman–Crippen LogP) is 4.58. The van der Waals surface area contributed by atoms with Crippen LogP contribution in [0.2, 0.25) is 0 Å². The first kappa shape index (κ1) is 23.6. The van der Waals surface area contributed by atoms with E-state index in [1.165, 1.54) is 0 Å². The molecule has 8 heteroatoms. The molecule has 1 N–H and O–H groups in total. The summed E-state index contributed by atoms with van der Waals surface area (Å²) in [5, 5.41) is 14.6. The Labute approximate surface area is 164 Å². The maximum atomic E-state index is 11.2. The predicted molar refractivity (Wildman–Crippen MR) is 107 cm³/mol. The van der Waals surface area contributed by atoms with Gasteiger partial charge in [-0.3, -0.25) is 15.0 Å². The Morgan fingerprint density at radius 3 is 2.42 bits per heavy atom. The average Bonchev–Trinajstić information content (AvgIpc) is 2.49. The molecule has 5 nitrogen and oxygen atoms in total. The highest BCUT2D eigenvalue weighted by atomic mass is 79.9. The van der Waals surface area contributed by atoms with E-state index in [-0.39, 0.29) is 41.5 Å². The van der Waals surface area contributed by atoms with Crippen LogP contribution in [0.3, 0.4) is 0 Å². The topological polar surface area (TPSA) is 58.4 Å². The highest BCUT2D eigenvalue weighted by molar-refractivity contribution is 9.10. The molecular formula is C16H26BrCl2N3O2. The number of piperazine rings is 1. The minimum atomic E-state index is -0.315. The highest BCUT2D eigenvalue weighted by Crippen LogP contribution is 2.33. The fourth-order valence-electron chi connectivity index (χ4n) is 2.92. The van der Waals surface area contributed by atoms with Crippen molar-refractivity contribution in [3.63, 3.8) is 0 Å². The molecule has 0 radical (unpaired) electrons. The van der Waals surface area contributed by atoms with Crippen LogP contribution in [-0.4, -0.2) is 36.0 Å². The monoisotopic (exact) mass is 441 g/mol. The molecule has 0 aliphatic carbocycles. The van der Waals surface area contributed by atoms with Gasteiger partial charge in [-0.15, -0.1) is 24.8 Å². The summed E-state index contributed by atoms with van der Waals surface area (Å²) in [5.41, 5.74) is 1.21. The third kappa shape index (κ3) is 6.48. The molecular weight excluding hydrogens is 417 g/mol.